The molecule has 0 saturated carbocycles. The van der Waals surface area contributed by atoms with Crippen LogP contribution in [-0.4, -0.2) is 35.5 Å². The Morgan fingerprint density at radius 2 is 2.12 bits per heavy atom. The van der Waals surface area contributed by atoms with Crippen molar-refractivity contribution in [3.63, 3.8) is 0 Å². The summed E-state index contributed by atoms with van der Waals surface area (Å²) >= 11 is 0. The molecule has 0 radical (unpaired) electrons. The third-order valence-electron chi connectivity index (χ3n) is 3.89. The number of carbonyl (C=O) groups excluding carboxylic acids is 1. The highest BCUT2D eigenvalue weighted by Gasteiger charge is 2.25. The van der Waals surface area contributed by atoms with E-state index in [0.29, 0.717) is 12.5 Å². The van der Waals surface area contributed by atoms with Crippen molar-refractivity contribution >= 4 is 5.91 Å². The number of nitrogens with zero attached hydrogens (tertiary/aromatic N) is 1. The van der Waals surface area contributed by atoms with Gasteiger partial charge in [0.15, 0.2) is 0 Å². The Labute approximate surface area is 105 Å². The molecule has 1 fully saturated rings. The Balaban J connectivity index is 2.32. The molecule has 4 heteroatoms. The van der Waals surface area contributed by atoms with Crippen molar-refractivity contribution in [2.24, 2.45) is 11.5 Å². The molecular formula is C13H27N3O. The number of nitrogens with two attached hydrogens (primary N) is 2. The van der Waals surface area contributed by atoms with Gasteiger partial charge in [0.1, 0.15) is 0 Å². The van der Waals surface area contributed by atoms with Crippen molar-refractivity contribution in [2.45, 2.75) is 64.0 Å². The van der Waals surface area contributed by atoms with Crippen LogP contribution in [0.2, 0.25) is 0 Å². The summed E-state index contributed by atoms with van der Waals surface area (Å²) in [5.41, 5.74) is 10.3. The Hall–Kier alpha value is -0.610. The van der Waals surface area contributed by atoms with Gasteiger partial charge in [0.25, 0.3) is 0 Å². The first-order valence-electron chi connectivity index (χ1n) is 6.76. The highest BCUT2D eigenvalue weighted by Crippen LogP contribution is 2.17. The second kappa shape index (κ2) is 6.36. The van der Waals surface area contributed by atoms with Crippen LogP contribution in [0.3, 0.4) is 0 Å². The molecule has 0 spiro atoms. The van der Waals surface area contributed by atoms with Gasteiger partial charge in [0, 0.05) is 6.04 Å². The minimum Gasteiger partial charge on any atom is -0.368 e. The number of carbonyl (C=O) groups is 1. The summed E-state index contributed by atoms with van der Waals surface area (Å²) in [4.78, 5) is 13.6. The molecule has 2 unspecified atom stereocenters. The van der Waals surface area contributed by atoms with Crippen LogP contribution < -0.4 is 11.5 Å². The Bertz CT molecular complexity index is 253. The van der Waals surface area contributed by atoms with Crippen molar-refractivity contribution in [1.29, 1.82) is 0 Å². The zero-order valence-electron chi connectivity index (χ0n) is 11.2. The topological polar surface area (TPSA) is 72.3 Å². The van der Waals surface area contributed by atoms with Crippen LogP contribution in [-0.2, 0) is 4.79 Å². The molecule has 0 bridgehead atoms. The molecule has 0 aromatic rings. The fourth-order valence-electron chi connectivity index (χ4n) is 2.44. The summed E-state index contributed by atoms with van der Waals surface area (Å²) < 4.78 is 0. The van der Waals surface area contributed by atoms with Crippen molar-refractivity contribution < 1.29 is 4.79 Å². The van der Waals surface area contributed by atoms with Gasteiger partial charge in [-0.15, -0.1) is 0 Å². The van der Waals surface area contributed by atoms with Crippen LogP contribution in [0.1, 0.15) is 52.4 Å². The van der Waals surface area contributed by atoms with Gasteiger partial charge in [-0.25, -0.2) is 0 Å². The number of hydrogen-bond donors (Lipinski definition) is 2. The van der Waals surface area contributed by atoms with Gasteiger partial charge in [0.05, 0.1) is 5.54 Å². The molecule has 1 aliphatic heterocycles. The quantitative estimate of drug-likeness (QED) is 0.760. The van der Waals surface area contributed by atoms with Crippen molar-refractivity contribution in [3.8, 4) is 0 Å². The zero-order valence-corrected chi connectivity index (χ0v) is 11.2. The van der Waals surface area contributed by atoms with E-state index in [4.69, 9.17) is 11.5 Å². The van der Waals surface area contributed by atoms with E-state index in [2.05, 4.69) is 11.8 Å². The summed E-state index contributed by atoms with van der Waals surface area (Å²) in [7, 11) is 0. The van der Waals surface area contributed by atoms with E-state index in [0.717, 1.165) is 13.0 Å². The molecule has 0 aromatic heterocycles. The number of hydrogen-bond acceptors (Lipinski definition) is 3. The molecule has 4 nitrogen and oxygen atoms in total. The van der Waals surface area contributed by atoms with Gasteiger partial charge >= 0.3 is 0 Å². The standard InChI is InChI=1S/C13H27N3O/c1-11-7-4-3-5-9-16(11)10-6-8-13(2,15)12(14)17/h11H,3-10,15H2,1-2H3,(H2,14,17). The minimum absolute atomic E-state index is 0.401. The zero-order chi connectivity index (χ0) is 12.9. The Kier molecular flexibility index (Phi) is 5.40. The van der Waals surface area contributed by atoms with E-state index in [1.54, 1.807) is 6.92 Å². The summed E-state index contributed by atoms with van der Waals surface area (Å²) in [6, 6.07) is 0.662. The van der Waals surface area contributed by atoms with Gasteiger partial charge in [-0.2, -0.15) is 0 Å². The molecule has 17 heavy (non-hydrogen) atoms. The van der Waals surface area contributed by atoms with Crippen molar-refractivity contribution in [2.75, 3.05) is 13.1 Å². The van der Waals surface area contributed by atoms with E-state index in [1.165, 1.54) is 32.2 Å². The number of amides is 1. The van der Waals surface area contributed by atoms with Gasteiger partial charge in [-0.05, 0) is 52.6 Å². The molecule has 1 saturated heterocycles. The average molecular weight is 241 g/mol. The lowest BCUT2D eigenvalue weighted by Gasteiger charge is -2.28. The molecule has 4 N–H and O–H groups in total. The number of rotatable bonds is 5. The summed E-state index contributed by atoms with van der Waals surface area (Å²) in [5.74, 6) is -0.401. The summed E-state index contributed by atoms with van der Waals surface area (Å²) in [5, 5.41) is 0. The lowest BCUT2D eigenvalue weighted by Crippen LogP contribution is -2.49. The molecular weight excluding hydrogens is 214 g/mol. The van der Waals surface area contributed by atoms with E-state index in [1.807, 2.05) is 0 Å². The van der Waals surface area contributed by atoms with Crippen molar-refractivity contribution in [1.82, 2.24) is 4.90 Å². The maximum Gasteiger partial charge on any atom is 0.237 e. The molecule has 1 rings (SSSR count). The van der Waals surface area contributed by atoms with Gasteiger partial charge in [-0.1, -0.05) is 12.8 Å². The first kappa shape index (κ1) is 14.5. The van der Waals surface area contributed by atoms with Gasteiger partial charge in [-0.3, -0.25) is 4.79 Å². The van der Waals surface area contributed by atoms with Crippen LogP contribution in [0.25, 0.3) is 0 Å². The Morgan fingerprint density at radius 3 is 2.76 bits per heavy atom. The van der Waals surface area contributed by atoms with Crippen LogP contribution in [0, 0.1) is 0 Å². The molecule has 2 atom stereocenters. The maximum atomic E-state index is 11.1. The molecule has 1 aliphatic rings. The predicted molar refractivity (Wildman–Crippen MR) is 70.5 cm³/mol. The maximum absolute atomic E-state index is 11.1. The fraction of sp³-hybridized carbons (Fsp3) is 0.923. The second-order valence-electron chi connectivity index (χ2n) is 5.62. The third-order valence-corrected chi connectivity index (χ3v) is 3.89. The summed E-state index contributed by atoms with van der Waals surface area (Å²) in [6.07, 6.45) is 6.88. The molecule has 100 valence electrons. The van der Waals surface area contributed by atoms with Gasteiger partial charge in [0.2, 0.25) is 5.91 Å². The van der Waals surface area contributed by atoms with Crippen LogP contribution in [0.5, 0.6) is 0 Å². The monoisotopic (exact) mass is 241 g/mol. The number of likely N-dealkylation sites (tertiary alicyclic amines) is 1. The molecule has 1 heterocycles. The van der Waals surface area contributed by atoms with E-state index in [-0.39, 0.29) is 0 Å². The van der Waals surface area contributed by atoms with E-state index in [9.17, 15) is 4.79 Å². The fourth-order valence-corrected chi connectivity index (χ4v) is 2.44. The smallest absolute Gasteiger partial charge is 0.237 e. The minimum atomic E-state index is -0.852. The largest absolute Gasteiger partial charge is 0.368 e. The highest BCUT2D eigenvalue weighted by molar-refractivity contribution is 5.83. The SMILES string of the molecule is CC1CCCCCN1CCCC(C)(N)C(N)=O. The number of primary amides is 1. The van der Waals surface area contributed by atoms with Gasteiger partial charge < -0.3 is 16.4 Å². The normalized spacial score (nSPS) is 26.2. The first-order valence-corrected chi connectivity index (χ1v) is 6.76. The second-order valence-corrected chi connectivity index (χ2v) is 5.62. The third kappa shape index (κ3) is 4.64. The molecule has 0 aromatic carbocycles. The van der Waals surface area contributed by atoms with Crippen LogP contribution in [0.4, 0.5) is 0 Å². The summed E-state index contributed by atoms with van der Waals surface area (Å²) in [6.45, 7) is 6.22. The lowest BCUT2D eigenvalue weighted by molar-refractivity contribution is -0.122. The highest BCUT2D eigenvalue weighted by atomic mass is 16.1. The van der Waals surface area contributed by atoms with Crippen molar-refractivity contribution in [3.05, 3.63) is 0 Å². The first-order chi connectivity index (χ1) is 7.93. The average Bonchev–Trinajstić information content (AvgIpc) is 2.44. The predicted octanol–water partition coefficient (Wildman–Crippen LogP) is 1.23. The van der Waals surface area contributed by atoms with Crippen LogP contribution in [0.15, 0.2) is 0 Å². The molecule has 1 amide bonds. The van der Waals surface area contributed by atoms with Crippen LogP contribution >= 0.6 is 0 Å². The van der Waals surface area contributed by atoms with E-state index < -0.39 is 11.4 Å². The van der Waals surface area contributed by atoms with E-state index >= 15 is 0 Å². The molecule has 0 aliphatic carbocycles. The Morgan fingerprint density at radius 1 is 1.41 bits per heavy atom. The lowest BCUT2D eigenvalue weighted by atomic mass is 9.96.